The lowest BCUT2D eigenvalue weighted by Crippen LogP contribution is -2.14. The van der Waals surface area contributed by atoms with Gasteiger partial charge in [-0.3, -0.25) is 0 Å². The van der Waals surface area contributed by atoms with Crippen LogP contribution in [0.1, 0.15) is 26.2 Å². The summed E-state index contributed by atoms with van der Waals surface area (Å²) in [6, 6.07) is 0. The Hall–Kier alpha value is 0.540. The van der Waals surface area contributed by atoms with Crippen molar-refractivity contribution < 1.29 is 4.74 Å². The lowest BCUT2D eigenvalue weighted by molar-refractivity contribution is 0.121. The van der Waals surface area contributed by atoms with E-state index in [1.165, 1.54) is 0 Å². The molecule has 0 amide bonds. The maximum absolute atomic E-state index is 5.60. The minimum atomic E-state index is -0.326. The fourth-order valence-electron chi connectivity index (χ4n) is 0.817. The van der Waals surface area contributed by atoms with Crippen LogP contribution in [-0.4, -0.2) is 18.1 Å². The summed E-state index contributed by atoms with van der Waals surface area (Å²) in [5.74, 6) is 0. The van der Waals surface area contributed by atoms with Crippen LogP contribution in [0.4, 0.5) is 0 Å². The monoisotopic (exact) mass is 197 g/mol. The summed E-state index contributed by atoms with van der Waals surface area (Å²) in [5.41, 5.74) is 0. The third-order valence-corrected chi connectivity index (χ3v) is 1.79. The highest BCUT2D eigenvalue weighted by atomic mass is 35.5. The maximum Gasteiger partial charge on any atom is 0.110 e. The number of ether oxygens (including phenoxy) is 1. The second-order valence-electron chi connectivity index (χ2n) is 2.43. The molecule has 11 heavy (non-hydrogen) atoms. The van der Waals surface area contributed by atoms with Gasteiger partial charge >= 0.3 is 0 Å². The van der Waals surface area contributed by atoms with Gasteiger partial charge in [-0.05, 0) is 12.8 Å². The number of methoxy groups -OCH3 is 1. The Kier molecular flexibility index (Phi) is 7.56. The lowest BCUT2D eigenvalue weighted by Gasteiger charge is -2.14. The van der Waals surface area contributed by atoms with Crippen LogP contribution >= 0.6 is 23.2 Å². The summed E-state index contributed by atoms with van der Waals surface area (Å²) in [4.78, 5) is -0.326. The number of rotatable bonds is 6. The zero-order valence-electron chi connectivity index (χ0n) is 7.02. The smallest absolute Gasteiger partial charge is 0.110 e. The van der Waals surface area contributed by atoms with E-state index in [9.17, 15) is 0 Å². The third-order valence-electron chi connectivity index (χ3n) is 1.43. The number of halogens is 2. The van der Waals surface area contributed by atoms with Gasteiger partial charge < -0.3 is 4.74 Å². The van der Waals surface area contributed by atoms with E-state index in [2.05, 4.69) is 13.3 Å². The van der Waals surface area contributed by atoms with Crippen LogP contribution in [0.2, 0.25) is 0 Å². The Balaban J connectivity index is 3.41. The van der Waals surface area contributed by atoms with Gasteiger partial charge in [0.15, 0.2) is 0 Å². The number of hydrogen-bond acceptors (Lipinski definition) is 1. The van der Waals surface area contributed by atoms with Crippen molar-refractivity contribution in [3.8, 4) is 0 Å². The average molecular weight is 198 g/mol. The summed E-state index contributed by atoms with van der Waals surface area (Å²) >= 11 is 11.2. The van der Waals surface area contributed by atoms with Gasteiger partial charge in [0.05, 0.1) is 6.10 Å². The summed E-state index contributed by atoms with van der Waals surface area (Å²) in [6.07, 6.45) is 5.08. The summed E-state index contributed by atoms with van der Waals surface area (Å²) < 4.78 is 5.14. The van der Waals surface area contributed by atoms with Crippen LogP contribution in [0.25, 0.3) is 0 Å². The fraction of sp³-hybridized carbons (Fsp3) is 0.875. The van der Waals surface area contributed by atoms with Crippen LogP contribution in [-0.2, 0) is 4.74 Å². The van der Waals surface area contributed by atoms with Gasteiger partial charge in [0.1, 0.15) is 4.84 Å². The van der Waals surface area contributed by atoms with E-state index in [0.717, 1.165) is 12.8 Å². The molecule has 0 aliphatic rings. The molecule has 1 nitrogen and oxygen atoms in total. The first-order chi connectivity index (χ1) is 5.20. The van der Waals surface area contributed by atoms with Crippen molar-refractivity contribution in [1.29, 1.82) is 0 Å². The Morgan fingerprint density at radius 1 is 1.45 bits per heavy atom. The molecular weight excluding hydrogens is 183 g/mol. The zero-order chi connectivity index (χ0) is 8.69. The van der Waals surface area contributed by atoms with Crippen molar-refractivity contribution >= 4 is 23.2 Å². The average Bonchev–Trinajstić information content (AvgIpc) is 1.97. The Morgan fingerprint density at radius 3 is 2.45 bits per heavy atom. The molecule has 67 valence electrons. The normalized spacial score (nSPS) is 13.9. The predicted molar refractivity (Wildman–Crippen MR) is 50.1 cm³/mol. The van der Waals surface area contributed by atoms with Gasteiger partial charge in [0.2, 0.25) is 0 Å². The first-order valence-electron chi connectivity index (χ1n) is 3.85. The maximum atomic E-state index is 5.60. The molecule has 1 unspecified atom stereocenters. The second kappa shape index (κ2) is 7.20. The number of hydrogen-bond donors (Lipinski definition) is 0. The van der Waals surface area contributed by atoms with Crippen molar-refractivity contribution in [3.05, 3.63) is 6.42 Å². The SMILES string of the molecule is CCC[CH]C(CC(Cl)Cl)OC. The second-order valence-corrected chi connectivity index (χ2v) is 3.70. The summed E-state index contributed by atoms with van der Waals surface area (Å²) in [5, 5.41) is 0. The highest BCUT2D eigenvalue weighted by Gasteiger charge is 2.10. The Morgan fingerprint density at radius 2 is 2.09 bits per heavy atom. The molecule has 0 aromatic carbocycles. The molecule has 0 aliphatic heterocycles. The van der Waals surface area contributed by atoms with Crippen molar-refractivity contribution in [2.24, 2.45) is 0 Å². The Labute approximate surface area is 79.0 Å². The molecule has 1 atom stereocenters. The molecule has 0 aromatic heterocycles. The number of alkyl halides is 2. The summed E-state index contributed by atoms with van der Waals surface area (Å²) in [7, 11) is 1.67. The molecule has 0 bridgehead atoms. The van der Waals surface area contributed by atoms with Gasteiger partial charge in [0, 0.05) is 13.5 Å². The Bertz CT molecular complexity index is 86.2. The van der Waals surface area contributed by atoms with Crippen LogP contribution in [0, 0.1) is 6.42 Å². The number of unbranched alkanes of at least 4 members (excludes halogenated alkanes) is 1. The van der Waals surface area contributed by atoms with Crippen molar-refractivity contribution in [1.82, 2.24) is 0 Å². The van der Waals surface area contributed by atoms with E-state index in [0.29, 0.717) is 6.42 Å². The first-order valence-corrected chi connectivity index (χ1v) is 4.72. The van der Waals surface area contributed by atoms with E-state index in [1.807, 2.05) is 0 Å². The molecule has 0 heterocycles. The fourth-order valence-corrected chi connectivity index (χ4v) is 1.17. The first kappa shape index (κ1) is 11.5. The van der Waals surface area contributed by atoms with Crippen LogP contribution < -0.4 is 0 Å². The van der Waals surface area contributed by atoms with E-state index in [-0.39, 0.29) is 10.9 Å². The summed E-state index contributed by atoms with van der Waals surface area (Å²) in [6.45, 7) is 2.13. The molecule has 3 heteroatoms. The highest BCUT2D eigenvalue weighted by Crippen LogP contribution is 2.15. The lowest BCUT2D eigenvalue weighted by atomic mass is 10.1. The van der Waals surface area contributed by atoms with Gasteiger partial charge in [-0.2, -0.15) is 0 Å². The van der Waals surface area contributed by atoms with Crippen molar-refractivity contribution in [2.45, 2.75) is 37.1 Å². The van der Waals surface area contributed by atoms with Crippen LogP contribution in [0.3, 0.4) is 0 Å². The van der Waals surface area contributed by atoms with Gasteiger partial charge in [-0.25, -0.2) is 0 Å². The topological polar surface area (TPSA) is 9.23 Å². The molecule has 0 saturated heterocycles. The molecule has 0 N–H and O–H groups in total. The quantitative estimate of drug-likeness (QED) is 0.595. The van der Waals surface area contributed by atoms with E-state index < -0.39 is 0 Å². The van der Waals surface area contributed by atoms with Crippen molar-refractivity contribution in [2.75, 3.05) is 7.11 Å². The molecule has 0 rings (SSSR count). The minimum absolute atomic E-state index is 0.106. The standard InChI is InChI=1S/C8H15Cl2O/c1-3-4-5-7(11-2)6-8(9)10/h5,7-8H,3-4,6H2,1-2H3. The molecule has 0 aliphatic carbocycles. The minimum Gasteiger partial charge on any atom is -0.381 e. The van der Waals surface area contributed by atoms with Gasteiger partial charge in [0.25, 0.3) is 0 Å². The van der Waals surface area contributed by atoms with E-state index in [1.54, 1.807) is 7.11 Å². The van der Waals surface area contributed by atoms with Crippen LogP contribution in [0.5, 0.6) is 0 Å². The van der Waals surface area contributed by atoms with E-state index in [4.69, 9.17) is 27.9 Å². The van der Waals surface area contributed by atoms with Crippen LogP contribution in [0.15, 0.2) is 0 Å². The predicted octanol–water partition coefficient (Wildman–Crippen LogP) is 3.20. The highest BCUT2D eigenvalue weighted by molar-refractivity contribution is 6.44. The van der Waals surface area contributed by atoms with Crippen molar-refractivity contribution in [3.63, 3.8) is 0 Å². The molecule has 0 spiro atoms. The molecular formula is C8H15Cl2O. The third kappa shape index (κ3) is 6.92. The molecule has 0 saturated carbocycles. The van der Waals surface area contributed by atoms with E-state index >= 15 is 0 Å². The molecule has 0 fully saturated rings. The molecule has 1 radical (unpaired) electrons. The zero-order valence-corrected chi connectivity index (χ0v) is 8.53. The molecule has 0 aromatic rings. The largest absolute Gasteiger partial charge is 0.381 e. The van der Waals surface area contributed by atoms with Gasteiger partial charge in [-0.1, -0.05) is 13.3 Å². The van der Waals surface area contributed by atoms with Gasteiger partial charge in [-0.15, -0.1) is 23.2 Å².